The van der Waals surface area contributed by atoms with Gasteiger partial charge in [-0.3, -0.25) is 4.79 Å². The normalized spacial score (nSPS) is 11.1. The van der Waals surface area contributed by atoms with Crippen molar-refractivity contribution in [1.29, 1.82) is 0 Å². The van der Waals surface area contributed by atoms with Gasteiger partial charge in [-0.1, -0.05) is 18.2 Å². The molecule has 0 bridgehead atoms. The minimum Gasteiger partial charge on any atom is -0.351 e. The van der Waals surface area contributed by atoms with Gasteiger partial charge in [-0.2, -0.15) is 0 Å². The van der Waals surface area contributed by atoms with E-state index in [4.69, 9.17) is 0 Å². The van der Waals surface area contributed by atoms with Crippen molar-refractivity contribution in [3.05, 3.63) is 60.2 Å². The van der Waals surface area contributed by atoms with Gasteiger partial charge in [0, 0.05) is 17.0 Å². The number of carbonyl (C=O) groups excluding carboxylic acids is 1. The van der Waals surface area contributed by atoms with E-state index in [0.29, 0.717) is 5.56 Å². The number of thioether (sulfide) groups is 1. The third kappa shape index (κ3) is 4.35. The zero-order chi connectivity index (χ0) is 16.0. The molecule has 4 nitrogen and oxygen atoms in total. The fourth-order valence-corrected chi connectivity index (χ4v) is 3.48. The molecule has 1 N–H and O–H groups in total. The molecular formula is C16H17NO3S2. The van der Waals surface area contributed by atoms with Crippen LogP contribution < -0.4 is 5.32 Å². The molecule has 2 rings (SSSR count). The van der Waals surface area contributed by atoms with Crippen LogP contribution in [0.3, 0.4) is 0 Å². The summed E-state index contributed by atoms with van der Waals surface area (Å²) in [6.07, 6.45) is 1.96. The maximum atomic E-state index is 12.1. The molecule has 0 fully saturated rings. The molecule has 0 unspecified atom stereocenters. The number of sulfone groups is 1. The minimum absolute atomic E-state index is 0.0837. The van der Waals surface area contributed by atoms with Gasteiger partial charge in [0.05, 0.1) is 10.6 Å². The van der Waals surface area contributed by atoms with Crippen molar-refractivity contribution in [2.24, 2.45) is 0 Å². The Morgan fingerprint density at radius 3 is 2.27 bits per heavy atom. The zero-order valence-electron chi connectivity index (χ0n) is 12.2. The molecule has 0 atom stereocenters. The van der Waals surface area contributed by atoms with Gasteiger partial charge in [-0.15, -0.1) is 11.8 Å². The molecule has 0 aliphatic heterocycles. The van der Waals surface area contributed by atoms with Crippen LogP contribution in [0.2, 0.25) is 0 Å². The highest BCUT2D eigenvalue weighted by Crippen LogP contribution is 2.14. The Morgan fingerprint density at radius 1 is 1.05 bits per heavy atom. The molecule has 22 heavy (non-hydrogen) atoms. The van der Waals surface area contributed by atoms with Crippen molar-refractivity contribution in [2.75, 3.05) is 18.6 Å². The van der Waals surface area contributed by atoms with Crippen LogP contribution >= 0.6 is 11.8 Å². The number of nitrogens with one attached hydrogen (secondary N) is 1. The average Bonchev–Trinajstić information content (AvgIpc) is 2.55. The number of hydrogen-bond acceptors (Lipinski definition) is 4. The number of carbonyl (C=O) groups is 1. The maximum Gasteiger partial charge on any atom is 0.251 e. The predicted molar refractivity (Wildman–Crippen MR) is 89.1 cm³/mol. The number of hydrogen-bond donors (Lipinski definition) is 1. The number of rotatable bonds is 6. The van der Waals surface area contributed by atoms with Crippen molar-refractivity contribution in [3.63, 3.8) is 0 Å². The summed E-state index contributed by atoms with van der Waals surface area (Å²) in [7, 11) is -3.37. The lowest BCUT2D eigenvalue weighted by molar-refractivity contribution is 0.0956. The Morgan fingerprint density at radius 2 is 1.68 bits per heavy atom. The van der Waals surface area contributed by atoms with E-state index in [1.54, 1.807) is 54.2 Å². The molecule has 0 aromatic heterocycles. The largest absolute Gasteiger partial charge is 0.351 e. The fourth-order valence-electron chi connectivity index (χ4n) is 1.89. The summed E-state index contributed by atoms with van der Waals surface area (Å²) in [5.74, 6) is -0.387. The average molecular weight is 335 g/mol. The van der Waals surface area contributed by atoms with Crippen molar-refractivity contribution >= 4 is 27.5 Å². The van der Waals surface area contributed by atoms with Crippen LogP contribution in [0.1, 0.15) is 10.4 Å². The van der Waals surface area contributed by atoms with E-state index in [0.717, 1.165) is 4.90 Å². The van der Waals surface area contributed by atoms with E-state index < -0.39 is 9.84 Å². The van der Waals surface area contributed by atoms with E-state index in [1.165, 1.54) is 0 Å². The van der Waals surface area contributed by atoms with Crippen molar-refractivity contribution in [3.8, 4) is 0 Å². The lowest BCUT2D eigenvalue weighted by Crippen LogP contribution is -2.29. The Bertz CT molecular complexity index is 726. The van der Waals surface area contributed by atoms with Gasteiger partial charge in [-0.25, -0.2) is 8.42 Å². The van der Waals surface area contributed by atoms with Gasteiger partial charge < -0.3 is 5.32 Å². The highest BCUT2D eigenvalue weighted by atomic mass is 32.2. The summed E-state index contributed by atoms with van der Waals surface area (Å²) < 4.78 is 24.2. The molecule has 0 saturated heterocycles. The SMILES string of the molecule is CSc1ccc(C(=O)NCCS(=O)(=O)c2ccccc2)cc1. The standard InChI is InChI=1S/C16H17NO3S2/c1-21-14-9-7-13(8-10-14)16(18)17-11-12-22(19,20)15-5-3-2-4-6-15/h2-10H,11-12H2,1H3,(H,17,18). The topological polar surface area (TPSA) is 63.2 Å². The summed E-state index contributed by atoms with van der Waals surface area (Å²) in [4.78, 5) is 13.3. The lowest BCUT2D eigenvalue weighted by Gasteiger charge is -2.07. The molecule has 0 radical (unpaired) electrons. The molecule has 2 aromatic carbocycles. The lowest BCUT2D eigenvalue weighted by atomic mass is 10.2. The maximum absolute atomic E-state index is 12.1. The molecule has 0 spiro atoms. The van der Waals surface area contributed by atoms with Gasteiger partial charge in [0.1, 0.15) is 0 Å². The quantitative estimate of drug-likeness (QED) is 0.824. The number of amides is 1. The van der Waals surface area contributed by atoms with Crippen molar-refractivity contribution in [1.82, 2.24) is 5.32 Å². The second-order valence-electron chi connectivity index (χ2n) is 4.62. The third-order valence-electron chi connectivity index (χ3n) is 3.11. The summed E-state index contributed by atoms with van der Waals surface area (Å²) in [6, 6.07) is 15.4. The first-order valence-corrected chi connectivity index (χ1v) is 9.61. The van der Waals surface area contributed by atoms with E-state index in [-0.39, 0.29) is 23.1 Å². The van der Waals surface area contributed by atoms with Gasteiger partial charge in [0.15, 0.2) is 9.84 Å². The molecule has 0 heterocycles. The summed E-state index contributed by atoms with van der Waals surface area (Å²) in [6.45, 7) is 0.0837. The van der Waals surface area contributed by atoms with Crippen LogP contribution in [-0.4, -0.2) is 32.9 Å². The highest BCUT2D eigenvalue weighted by Gasteiger charge is 2.14. The molecule has 116 valence electrons. The Labute approximate surface area is 134 Å². The van der Waals surface area contributed by atoms with Crippen LogP contribution in [0.5, 0.6) is 0 Å². The van der Waals surface area contributed by atoms with E-state index in [9.17, 15) is 13.2 Å². The van der Waals surface area contributed by atoms with E-state index in [1.807, 2.05) is 18.4 Å². The first kappa shape index (κ1) is 16.6. The molecule has 1 amide bonds. The first-order valence-electron chi connectivity index (χ1n) is 6.73. The molecule has 0 aliphatic rings. The Kier molecular flexibility index (Phi) is 5.63. The van der Waals surface area contributed by atoms with Crippen molar-refractivity contribution < 1.29 is 13.2 Å². The molecule has 0 saturated carbocycles. The highest BCUT2D eigenvalue weighted by molar-refractivity contribution is 7.98. The van der Waals surface area contributed by atoms with Crippen LogP contribution in [0.4, 0.5) is 0 Å². The van der Waals surface area contributed by atoms with Crippen LogP contribution in [-0.2, 0) is 9.84 Å². The molecule has 2 aromatic rings. The van der Waals surface area contributed by atoms with Crippen LogP contribution in [0.25, 0.3) is 0 Å². The Hall–Kier alpha value is -1.79. The van der Waals surface area contributed by atoms with E-state index >= 15 is 0 Å². The van der Waals surface area contributed by atoms with Gasteiger partial charge in [0.25, 0.3) is 5.91 Å². The van der Waals surface area contributed by atoms with Gasteiger partial charge in [-0.05, 0) is 42.7 Å². The van der Waals surface area contributed by atoms with E-state index in [2.05, 4.69) is 5.32 Å². The predicted octanol–water partition coefficient (Wildman–Crippen LogP) is 2.61. The van der Waals surface area contributed by atoms with Crippen LogP contribution in [0, 0.1) is 0 Å². The summed E-state index contributed by atoms with van der Waals surface area (Å²) >= 11 is 1.60. The monoisotopic (exact) mass is 335 g/mol. The smallest absolute Gasteiger partial charge is 0.251 e. The first-order chi connectivity index (χ1) is 10.5. The van der Waals surface area contributed by atoms with Gasteiger partial charge >= 0.3 is 0 Å². The Balaban J connectivity index is 1.91. The van der Waals surface area contributed by atoms with Crippen molar-refractivity contribution in [2.45, 2.75) is 9.79 Å². The molecule has 6 heteroatoms. The molecule has 0 aliphatic carbocycles. The molecular weight excluding hydrogens is 318 g/mol. The second kappa shape index (κ2) is 7.47. The zero-order valence-corrected chi connectivity index (χ0v) is 13.8. The summed E-state index contributed by atoms with van der Waals surface area (Å²) in [5, 5.41) is 2.64. The third-order valence-corrected chi connectivity index (χ3v) is 5.59. The van der Waals surface area contributed by atoms with Gasteiger partial charge in [0.2, 0.25) is 0 Å². The number of benzene rings is 2. The fraction of sp³-hybridized carbons (Fsp3) is 0.188. The van der Waals surface area contributed by atoms with Crippen LogP contribution in [0.15, 0.2) is 64.4 Å². The summed E-state index contributed by atoms with van der Waals surface area (Å²) in [5.41, 5.74) is 0.523. The second-order valence-corrected chi connectivity index (χ2v) is 7.61. The minimum atomic E-state index is -3.37.